The molecule has 0 aliphatic rings. The second kappa shape index (κ2) is 5.36. The predicted molar refractivity (Wildman–Crippen MR) is 68.5 cm³/mol. The standard InChI is InChI=1S/C12H12ClNO5/c1-12(2,6-10(15)16)11(17)7-3-4-8(13)9(5-7)14(18)19/h3-5H,6H2,1-2H3,(H,15,16). The summed E-state index contributed by atoms with van der Waals surface area (Å²) < 4.78 is 0. The Balaban J connectivity index is 3.17. The minimum atomic E-state index is -1.15. The maximum atomic E-state index is 12.2. The van der Waals surface area contributed by atoms with Crippen LogP contribution in [0.4, 0.5) is 5.69 Å². The van der Waals surface area contributed by atoms with Crippen molar-refractivity contribution < 1.29 is 19.6 Å². The van der Waals surface area contributed by atoms with Gasteiger partial charge in [-0.2, -0.15) is 0 Å². The summed E-state index contributed by atoms with van der Waals surface area (Å²) in [6, 6.07) is 3.67. The lowest BCUT2D eigenvalue weighted by Crippen LogP contribution is -2.27. The number of halogens is 1. The van der Waals surface area contributed by atoms with Crippen LogP contribution in [-0.2, 0) is 4.79 Å². The SMILES string of the molecule is CC(C)(CC(=O)O)C(=O)c1ccc(Cl)c([N+](=O)[O-])c1. The summed E-state index contributed by atoms with van der Waals surface area (Å²) in [5.74, 6) is -1.59. The predicted octanol–water partition coefficient (Wildman–Crippen LogP) is 2.93. The van der Waals surface area contributed by atoms with Crippen LogP contribution in [0.2, 0.25) is 5.02 Å². The van der Waals surface area contributed by atoms with Crippen molar-refractivity contribution in [3.8, 4) is 0 Å². The molecular formula is C12H12ClNO5. The molecule has 0 unspecified atom stereocenters. The van der Waals surface area contributed by atoms with Gasteiger partial charge in [-0.1, -0.05) is 25.4 Å². The molecule has 0 spiro atoms. The van der Waals surface area contributed by atoms with Gasteiger partial charge in [0.25, 0.3) is 5.69 Å². The van der Waals surface area contributed by atoms with Crippen LogP contribution in [0.1, 0.15) is 30.6 Å². The summed E-state index contributed by atoms with van der Waals surface area (Å²) in [7, 11) is 0. The molecule has 0 amide bonds. The van der Waals surface area contributed by atoms with E-state index in [1.807, 2.05) is 0 Å². The third kappa shape index (κ3) is 3.51. The van der Waals surface area contributed by atoms with Crippen LogP contribution in [0.15, 0.2) is 18.2 Å². The number of Topliss-reactive ketones (excluding diaryl/α,β-unsaturated/α-hetero) is 1. The van der Waals surface area contributed by atoms with Crippen LogP contribution < -0.4 is 0 Å². The molecule has 102 valence electrons. The van der Waals surface area contributed by atoms with E-state index in [2.05, 4.69) is 0 Å². The molecule has 1 rings (SSSR count). The van der Waals surface area contributed by atoms with E-state index >= 15 is 0 Å². The summed E-state index contributed by atoms with van der Waals surface area (Å²) in [6.07, 6.45) is -0.359. The average molecular weight is 286 g/mol. The number of nitro benzene ring substituents is 1. The van der Waals surface area contributed by atoms with Crippen molar-refractivity contribution in [2.45, 2.75) is 20.3 Å². The van der Waals surface area contributed by atoms with Crippen molar-refractivity contribution in [3.63, 3.8) is 0 Å². The second-order valence-electron chi connectivity index (χ2n) is 4.71. The zero-order valence-electron chi connectivity index (χ0n) is 10.3. The fourth-order valence-electron chi connectivity index (χ4n) is 1.64. The zero-order valence-corrected chi connectivity index (χ0v) is 11.1. The quantitative estimate of drug-likeness (QED) is 0.509. The Labute approximate surface area is 114 Å². The van der Waals surface area contributed by atoms with E-state index in [4.69, 9.17) is 16.7 Å². The maximum absolute atomic E-state index is 12.2. The number of carbonyl (C=O) groups is 2. The van der Waals surface area contributed by atoms with E-state index in [0.717, 1.165) is 6.07 Å². The Hall–Kier alpha value is -1.95. The number of nitrogens with zero attached hydrogens (tertiary/aromatic N) is 1. The van der Waals surface area contributed by atoms with Gasteiger partial charge in [0.15, 0.2) is 5.78 Å². The Morgan fingerprint density at radius 1 is 1.42 bits per heavy atom. The molecule has 1 N–H and O–H groups in total. The highest BCUT2D eigenvalue weighted by Crippen LogP contribution is 2.30. The molecule has 0 aliphatic carbocycles. The van der Waals surface area contributed by atoms with Gasteiger partial charge in [0, 0.05) is 17.0 Å². The minimum Gasteiger partial charge on any atom is -0.481 e. The van der Waals surface area contributed by atoms with E-state index in [9.17, 15) is 19.7 Å². The number of nitro groups is 1. The number of carboxylic acid groups (broad SMARTS) is 1. The number of hydrogen-bond acceptors (Lipinski definition) is 4. The molecule has 0 heterocycles. The van der Waals surface area contributed by atoms with Crippen LogP contribution in [0.3, 0.4) is 0 Å². The number of hydrogen-bond donors (Lipinski definition) is 1. The smallest absolute Gasteiger partial charge is 0.304 e. The zero-order chi connectivity index (χ0) is 14.8. The Morgan fingerprint density at radius 2 is 2.00 bits per heavy atom. The molecule has 0 fully saturated rings. The first-order valence-corrected chi connectivity index (χ1v) is 5.73. The number of carbonyl (C=O) groups excluding carboxylic acids is 1. The first-order chi connectivity index (χ1) is 8.65. The molecule has 7 heteroatoms. The molecule has 6 nitrogen and oxygen atoms in total. The maximum Gasteiger partial charge on any atom is 0.304 e. The molecule has 0 radical (unpaired) electrons. The number of benzene rings is 1. The number of carboxylic acids is 1. The molecule has 19 heavy (non-hydrogen) atoms. The van der Waals surface area contributed by atoms with Crippen LogP contribution in [0.5, 0.6) is 0 Å². The van der Waals surface area contributed by atoms with Gasteiger partial charge in [0.1, 0.15) is 5.02 Å². The van der Waals surface area contributed by atoms with Crippen molar-refractivity contribution in [2.24, 2.45) is 5.41 Å². The first kappa shape index (κ1) is 15.1. The van der Waals surface area contributed by atoms with Gasteiger partial charge in [0.05, 0.1) is 11.3 Å². The molecule has 0 saturated heterocycles. The molecule has 0 bridgehead atoms. The third-order valence-electron chi connectivity index (χ3n) is 2.61. The van der Waals surface area contributed by atoms with Crippen LogP contribution in [-0.4, -0.2) is 21.8 Å². The van der Waals surface area contributed by atoms with Crippen molar-refractivity contribution in [1.29, 1.82) is 0 Å². The lowest BCUT2D eigenvalue weighted by Gasteiger charge is -2.20. The van der Waals surface area contributed by atoms with Crippen LogP contribution in [0.25, 0.3) is 0 Å². The van der Waals surface area contributed by atoms with Crippen molar-refractivity contribution >= 4 is 29.0 Å². The first-order valence-electron chi connectivity index (χ1n) is 5.35. The Morgan fingerprint density at radius 3 is 2.47 bits per heavy atom. The summed E-state index contributed by atoms with van der Waals surface area (Å²) in [4.78, 5) is 32.9. The van der Waals surface area contributed by atoms with E-state index in [-0.39, 0.29) is 22.7 Å². The van der Waals surface area contributed by atoms with E-state index in [0.29, 0.717) is 0 Å². The van der Waals surface area contributed by atoms with Crippen LogP contribution in [0, 0.1) is 15.5 Å². The van der Waals surface area contributed by atoms with Crippen molar-refractivity contribution in [2.75, 3.05) is 0 Å². The van der Waals surface area contributed by atoms with Crippen molar-refractivity contribution in [3.05, 3.63) is 38.9 Å². The highest BCUT2D eigenvalue weighted by atomic mass is 35.5. The highest BCUT2D eigenvalue weighted by Gasteiger charge is 2.32. The molecule has 0 atom stereocenters. The van der Waals surface area contributed by atoms with E-state index in [1.54, 1.807) is 0 Å². The minimum absolute atomic E-state index is 0.0716. The summed E-state index contributed by atoms with van der Waals surface area (Å²) in [6.45, 7) is 2.95. The normalized spacial score (nSPS) is 11.1. The van der Waals surface area contributed by atoms with E-state index < -0.39 is 22.1 Å². The van der Waals surface area contributed by atoms with Crippen LogP contribution >= 0.6 is 11.6 Å². The lowest BCUT2D eigenvalue weighted by molar-refractivity contribution is -0.384. The summed E-state index contributed by atoms with van der Waals surface area (Å²) in [5, 5.41) is 19.4. The monoisotopic (exact) mass is 285 g/mol. The van der Waals surface area contributed by atoms with Gasteiger partial charge in [-0.3, -0.25) is 19.7 Å². The second-order valence-corrected chi connectivity index (χ2v) is 5.11. The van der Waals surface area contributed by atoms with Gasteiger partial charge >= 0.3 is 5.97 Å². The number of aliphatic carboxylic acids is 1. The molecule has 0 saturated carbocycles. The van der Waals surface area contributed by atoms with Gasteiger partial charge in [-0.25, -0.2) is 0 Å². The summed E-state index contributed by atoms with van der Waals surface area (Å²) in [5.41, 5.74) is -1.45. The highest BCUT2D eigenvalue weighted by molar-refractivity contribution is 6.32. The lowest BCUT2D eigenvalue weighted by atomic mass is 9.81. The van der Waals surface area contributed by atoms with Gasteiger partial charge in [-0.15, -0.1) is 0 Å². The molecule has 0 aliphatic heterocycles. The van der Waals surface area contributed by atoms with Crippen molar-refractivity contribution in [1.82, 2.24) is 0 Å². The average Bonchev–Trinajstić information content (AvgIpc) is 2.26. The molecular weight excluding hydrogens is 274 g/mol. The van der Waals surface area contributed by atoms with Gasteiger partial charge < -0.3 is 5.11 Å². The fraction of sp³-hybridized carbons (Fsp3) is 0.333. The van der Waals surface area contributed by atoms with Gasteiger partial charge in [0.2, 0.25) is 0 Å². The topological polar surface area (TPSA) is 97.5 Å². The van der Waals surface area contributed by atoms with Gasteiger partial charge in [-0.05, 0) is 12.1 Å². The third-order valence-corrected chi connectivity index (χ3v) is 2.93. The Kier molecular flexibility index (Phi) is 4.26. The Bertz CT molecular complexity index is 553. The summed E-state index contributed by atoms with van der Waals surface area (Å²) >= 11 is 5.65. The number of rotatable bonds is 5. The van der Waals surface area contributed by atoms with E-state index in [1.165, 1.54) is 26.0 Å². The molecule has 1 aromatic rings. The fourth-order valence-corrected chi connectivity index (χ4v) is 1.83. The molecule has 1 aromatic carbocycles. The number of ketones is 1. The molecule has 0 aromatic heterocycles. The largest absolute Gasteiger partial charge is 0.481 e.